The minimum absolute atomic E-state index is 0.191. The van der Waals surface area contributed by atoms with Gasteiger partial charge in [0, 0.05) is 6.54 Å². The number of rotatable bonds is 6. The summed E-state index contributed by atoms with van der Waals surface area (Å²) < 4.78 is 24.8. The second-order valence-electron chi connectivity index (χ2n) is 4.29. The van der Waals surface area contributed by atoms with E-state index < -0.39 is 30.9 Å². The minimum atomic E-state index is -2.69. The Morgan fingerprint density at radius 3 is 2.44 bits per heavy atom. The monoisotopic (exact) mass is 265 g/mol. The van der Waals surface area contributed by atoms with E-state index in [9.17, 15) is 13.6 Å². The van der Waals surface area contributed by atoms with E-state index in [1.165, 1.54) is 0 Å². The number of aliphatic hydroxyl groups excluding tert-OH is 1. The Kier molecular flexibility index (Phi) is 4.83. The van der Waals surface area contributed by atoms with Gasteiger partial charge in [0.2, 0.25) is 5.91 Å². The number of carbonyl (C=O) groups is 1. The summed E-state index contributed by atoms with van der Waals surface area (Å²) in [5, 5.41) is 20.3. The molecular formula is C10H17F2N3O3. The van der Waals surface area contributed by atoms with Crippen molar-refractivity contribution in [3.63, 3.8) is 0 Å². The molecule has 104 valence electrons. The molecular weight excluding hydrogens is 248 g/mol. The van der Waals surface area contributed by atoms with Gasteiger partial charge in [-0.3, -0.25) is 4.79 Å². The molecule has 1 amide bonds. The molecule has 0 atom stereocenters. The molecule has 1 rings (SSSR count). The van der Waals surface area contributed by atoms with Crippen molar-refractivity contribution >= 4 is 11.7 Å². The van der Waals surface area contributed by atoms with Crippen molar-refractivity contribution in [1.82, 2.24) is 4.90 Å². The van der Waals surface area contributed by atoms with Gasteiger partial charge in [-0.25, -0.2) is 8.78 Å². The molecule has 0 unspecified atom stereocenters. The summed E-state index contributed by atoms with van der Waals surface area (Å²) in [6.07, 6.45) is -1.24. The summed E-state index contributed by atoms with van der Waals surface area (Å²) in [7, 11) is 0. The normalized spacial score (nSPS) is 18.6. The summed E-state index contributed by atoms with van der Waals surface area (Å²) in [6.45, 7) is -1.37. The van der Waals surface area contributed by atoms with Gasteiger partial charge in [0.05, 0.1) is 13.2 Å². The SMILES string of the molecule is NC(=NO)C1(C(=O)N(CCO)CC(F)F)CCC1. The van der Waals surface area contributed by atoms with Crippen LogP contribution in [0.5, 0.6) is 0 Å². The van der Waals surface area contributed by atoms with Crippen molar-refractivity contribution < 1.29 is 23.9 Å². The van der Waals surface area contributed by atoms with Gasteiger partial charge in [0.1, 0.15) is 5.41 Å². The molecule has 0 radical (unpaired) electrons. The van der Waals surface area contributed by atoms with Gasteiger partial charge in [-0.05, 0) is 12.8 Å². The van der Waals surface area contributed by atoms with Crippen LogP contribution in [0.3, 0.4) is 0 Å². The summed E-state index contributed by atoms with van der Waals surface area (Å²) in [5.41, 5.74) is 4.30. The summed E-state index contributed by atoms with van der Waals surface area (Å²) in [5.74, 6) is -0.866. The zero-order valence-electron chi connectivity index (χ0n) is 9.85. The number of aliphatic hydroxyl groups is 1. The molecule has 1 aliphatic rings. The maximum atomic E-state index is 12.4. The molecule has 0 aromatic carbocycles. The topological polar surface area (TPSA) is 99.2 Å². The van der Waals surface area contributed by atoms with Crippen LogP contribution in [0.25, 0.3) is 0 Å². The average molecular weight is 265 g/mol. The Balaban J connectivity index is 2.86. The molecule has 1 aliphatic carbocycles. The van der Waals surface area contributed by atoms with Gasteiger partial charge >= 0.3 is 0 Å². The van der Waals surface area contributed by atoms with Gasteiger partial charge in [-0.1, -0.05) is 11.6 Å². The predicted octanol–water partition coefficient (Wildman–Crippen LogP) is -0.0109. The third kappa shape index (κ3) is 2.69. The number of amidine groups is 1. The lowest BCUT2D eigenvalue weighted by molar-refractivity contribution is -0.144. The first-order valence-electron chi connectivity index (χ1n) is 5.64. The van der Waals surface area contributed by atoms with Crippen LogP contribution < -0.4 is 5.73 Å². The van der Waals surface area contributed by atoms with E-state index in [4.69, 9.17) is 16.0 Å². The molecule has 6 nitrogen and oxygen atoms in total. The van der Waals surface area contributed by atoms with Gasteiger partial charge in [-0.2, -0.15) is 0 Å². The maximum Gasteiger partial charge on any atom is 0.255 e. The molecule has 1 fully saturated rings. The molecule has 0 bridgehead atoms. The number of halogens is 2. The van der Waals surface area contributed by atoms with Gasteiger partial charge in [0.15, 0.2) is 5.84 Å². The Bertz CT molecular complexity index is 332. The number of hydrogen-bond donors (Lipinski definition) is 3. The molecule has 0 aromatic rings. The zero-order valence-corrected chi connectivity index (χ0v) is 9.85. The lowest BCUT2D eigenvalue weighted by Gasteiger charge is -2.42. The highest BCUT2D eigenvalue weighted by atomic mass is 19.3. The molecule has 4 N–H and O–H groups in total. The van der Waals surface area contributed by atoms with Gasteiger partial charge < -0.3 is 20.9 Å². The van der Waals surface area contributed by atoms with E-state index in [0.717, 1.165) is 4.90 Å². The van der Waals surface area contributed by atoms with Crippen LogP contribution in [0.4, 0.5) is 8.78 Å². The van der Waals surface area contributed by atoms with E-state index in [1.54, 1.807) is 0 Å². The minimum Gasteiger partial charge on any atom is -0.409 e. The third-order valence-electron chi connectivity index (χ3n) is 3.23. The van der Waals surface area contributed by atoms with Crippen LogP contribution in [0.2, 0.25) is 0 Å². The number of hydrogen-bond acceptors (Lipinski definition) is 4. The highest BCUT2D eigenvalue weighted by molar-refractivity contribution is 6.07. The molecule has 0 heterocycles. The van der Waals surface area contributed by atoms with E-state index >= 15 is 0 Å². The fourth-order valence-corrected chi connectivity index (χ4v) is 2.07. The van der Waals surface area contributed by atoms with Crippen molar-refractivity contribution in [1.29, 1.82) is 0 Å². The van der Waals surface area contributed by atoms with Crippen LogP contribution >= 0.6 is 0 Å². The van der Waals surface area contributed by atoms with Crippen LogP contribution in [0.15, 0.2) is 5.16 Å². The summed E-state index contributed by atoms with van der Waals surface area (Å²) in [6, 6.07) is 0. The second kappa shape index (κ2) is 5.94. The number of amides is 1. The first kappa shape index (κ1) is 14.6. The van der Waals surface area contributed by atoms with Gasteiger partial charge in [-0.15, -0.1) is 0 Å². The molecule has 1 saturated carbocycles. The van der Waals surface area contributed by atoms with Crippen molar-refractivity contribution in [2.24, 2.45) is 16.3 Å². The number of carbonyl (C=O) groups excluding carboxylic acids is 1. The lowest BCUT2D eigenvalue weighted by atomic mass is 9.67. The van der Waals surface area contributed by atoms with Crippen molar-refractivity contribution in [3.8, 4) is 0 Å². The first-order valence-corrected chi connectivity index (χ1v) is 5.64. The van der Waals surface area contributed by atoms with Crippen LogP contribution in [0.1, 0.15) is 19.3 Å². The zero-order chi connectivity index (χ0) is 13.8. The Labute approximate surface area is 103 Å². The van der Waals surface area contributed by atoms with Crippen molar-refractivity contribution in [2.75, 3.05) is 19.7 Å². The van der Waals surface area contributed by atoms with E-state index in [2.05, 4.69) is 5.16 Å². The molecule has 0 spiro atoms. The lowest BCUT2D eigenvalue weighted by Crippen LogP contribution is -2.56. The molecule has 0 aliphatic heterocycles. The predicted molar refractivity (Wildman–Crippen MR) is 59.4 cm³/mol. The van der Waals surface area contributed by atoms with Crippen molar-refractivity contribution in [2.45, 2.75) is 25.7 Å². The maximum absolute atomic E-state index is 12.4. The Hall–Kier alpha value is -1.44. The standard InChI is InChI=1S/C10H17F2N3O3/c11-7(12)6-15(4-5-16)9(17)10(2-1-3-10)8(13)14-18/h7,16,18H,1-6H2,(H2,13,14). The Morgan fingerprint density at radius 2 is 2.11 bits per heavy atom. The number of nitrogens with two attached hydrogens (primary N) is 1. The van der Waals surface area contributed by atoms with Crippen LogP contribution in [0, 0.1) is 5.41 Å². The summed E-state index contributed by atoms with van der Waals surface area (Å²) in [4.78, 5) is 13.0. The number of nitrogens with zero attached hydrogens (tertiary/aromatic N) is 2. The number of oxime groups is 1. The molecule has 0 aromatic heterocycles. The largest absolute Gasteiger partial charge is 0.409 e. The smallest absolute Gasteiger partial charge is 0.255 e. The Morgan fingerprint density at radius 1 is 1.50 bits per heavy atom. The fraction of sp³-hybridized carbons (Fsp3) is 0.800. The van der Waals surface area contributed by atoms with Gasteiger partial charge in [0.25, 0.3) is 6.43 Å². The summed E-state index contributed by atoms with van der Waals surface area (Å²) >= 11 is 0. The fourth-order valence-electron chi connectivity index (χ4n) is 2.07. The highest BCUT2D eigenvalue weighted by Crippen LogP contribution is 2.42. The third-order valence-corrected chi connectivity index (χ3v) is 3.23. The van der Waals surface area contributed by atoms with Crippen LogP contribution in [-0.2, 0) is 4.79 Å². The second-order valence-corrected chi connectivity index (χ2v) is 4.29. The number of alkyl halides is 2. The first-order chi connectivity index (χ1) is 8.47. The highest BCUT2D eigenvalue weighted by Gasteiger charge is 2.50. The molecule has 8 heteroatoms. The molecule has 18 heavy (non-hydrogen) atoms. The van der Waals surface area contributed by atoms with E-state index in [-0.39, 0.29) is 12.4 Å². The quantitative estimate of drug-likeness (QED) is 0.272. The van der Waals surface area contributed by atoms with E-state index in [1.807, 2.05) is 0 Å². The molecule has 0 saturated heterocycles. The van der Waals surface area contributed by atoms with Crippen LogP contribution in [-0.4, -0.2) is 53.1 Å². The van der Waals surface area contributed by atoms with E-state index in [0.29, 0.717) is 19.3 Å². The van der Waals surface area contributed by atoms with Crippen molar-refractivity contribution in [3.05, 3.63) is 0 Å². The average Bonchev–Trinajstić information content (AvgIpc) is 2.25.